The normalized spacial score (nSPS) is 23.8. The van der Waals surface area contributed by atoms with Gasteiger partial charge in [0.05, 0.1) is 0 Å². The van der Waals surface area contributed by atoms with Gasteiger partial charge in [0, 0.05) is 12.6 Å². The smallest absolute Gasteiger partial charge is 0.0382 e. The molecule has 1 aromatic carbocycles. The SMILES string of the molecule is C=C1CCN(C)C(c2ccccc2)C1. The molecule has 0 saturated carbocycles. The molecule has 74 valence electrons. The van der Waals surface area contributed by atoms with Gasteiger partial charge in [0.1, 0.15) is 0 Å². The predicted octanol–water partition coefficient (Wildman–Crippen LogP) is 3.01. The van der Waals surface area contributed by atoms with Gasteiger partial charge >= 0.3 is 0 Å². The van der Waals surface area contributed by atoms with Crippen molar-refractivity contribution >= 4 is 0 Å². The van der Waals surface area contributed by atoms with E-state index in [1.165, 1.54) is 11.1 Å². The van der Waals surface area contributed by atoms with E-state index in [1.54, 1.807) is 0 Å². The first-order chi connectivity index (χ1) is 6.77. The topological polar surface area (TPSA) is 3.24 Å². The fourth-order valence-electron chi connectivity index (χ4n) is 2.07. The van der Waals surface area contributed by atoms with Crippen LogP contribution in [0.4, 0.5) is 0 Å². The predicted molar refractivity (Wildman–Crippen MR) is 60.2 cm³/mol. The Morgan fingerprint density at radius 2 is 2.00 bits per heavy atom. The minimum atomic E-state index is 0.539. The highest BCUT2D eigenvalue weighted by Crippen LogP contribution is 2.31. The van der Waals surface area contributed by atoms with Gasteiger partial charge in [-0.15, -0.1) is 0 Å². The van der Waals surface area contributed by atoms with Crippen LogP contribution in [0.1, 0.15) is 24.4 Å². The monoisotopic (exact) mass is 187 g/mol. The largest absolute Gasteiger partial charge is 0.299 e. The molecule has 1 unspecified atom stereocenters. The summed E-state index contributed by atoms with van der Waals surface area (Å²) >= 11 is 0. The molecule has 1 heterocycles. The van der Waals surface area contributed by atoms with Crippen molar-refractivity contribution in [2.75, 3.05) is 13.6 Å². The summed E-state index contributed by atoms with van der Waals surface area (Å²) < 4.78 is 0. The number of rotatable bonds is 1. The molecule has 0 spiro atoms. The maximum Gasteiger partial charge on any atom is 0.0382 e. The standard InChI is InChI=1S/C13H17N/c1-11-8-9-14(2)13(10-11)12-6-4-3-5-7-12/h3-7,13H,1,8-10H2,2H3. The number of hydrogen-bond donors (Lipinski definition) is 0. The summed E-state index contributed by atoms with van der Waals surface area (Å²) in [5.74, 6) is 0. The van der Waals surface area contributed by atoms with E-state index < -0.39 is 0 Å². The highest BCUT2D eigenvalue weighted by atomic mass is 15.1. The van der Waals surface area contributed by atoms with E-state index in [1.807, 2.05) is 0 Å². The van der Waals surface area contributed by atoms with Crippen LogP contribution in [-0.4, -0.2) is 18.5 Å². The fraction of sp³-hybridized carbons (Fsp3) is 0.385. The Morgan fingerprint density at radius 1 is 1.29 bits per heavy atom. The number of hydrogen-bond acceptors (Lipinski definition) is 1. The van der Waals surface area contributed by atoms with Gasteiger partial charge in [-0.1, -0.05) is 42.5 Å². The van der Waals surface area contributed by atoms with Gasteiger partial charge in [0.15, 0.2) is 0 Å². The van der Waals surface area contributed by atoms with Crippen molar-refractivity contribution < 1.29 is 0 Å². The van der Waals surface area contributed by atoms with Crippen LogP contribution in [0.5, 0.6) is 0 Å². The lowest BCUT2D eigenvalue weighted by atomic mass is 9.93. The summed E-state index contributed by atoms with van der Waals surface area (Å²) in [6.45, 7) is 5.23. The molecule has 1 nitrogen and oxygen atoms in total. The summed E-state index contributed by atoms with van der Waals surface area (Å²) in [4.78, 5) is 2.42. The van der Waals surface area contributed by atoms with Crippen LogP contribution < -0.4 is 0 Å². The summed E-state index contributed by atoms with van der Waals surface area (Å²) in [6.07, 6.45) is 2.26. The summed E-state index contributed by atoms with van der Waals surface area (Å²) in [5.41, 5.74) is 2.80. The molecule has 0 N–H and O–H groups in total. The average Bonchev–Trinajstić information content (AvgIpc) is 2.23. The second-order valence-electron chi connectivity index (χ2n) is 4.11. The maximum absolute atomic E-state index is 4.10. The van der Waals surface area contributed by atoms with Crippen LogP contribution in [-0.2, 0) is 0 Å². The zero-order chi connectivity index (χ0) is 9.97. The Hall–Kier alpha value is -1.08. The number of nitrogens with zero attached hydrogens (tertiary/aromatic N) is 1. The Bertz CT molecular complexity index is 315. The van der Waals surface area contributed by atoms with Crippen LogP contribution in [0.15, 0.2) is 42.5 Å². The summed E-state index contributed by atoms with van der Waals surface area (Å²) in [6, 6.07) is 11.2. The highest BCUT2D eigenvalue weighted by Gasteiger charge is 2.21. The third kappa shape index (κ3) is 1.88. The molecular formula is C13H17N. The molecule has 1 aliphatic heterocycles. The van der Waals surface area contributed by atoms with Crippen molar-refractivity contribution in [3.8, 4) is 0 Å². The number of benzene rings is 1. The molecule has 14 heavy (non-hydrogen) atoms. The molecular weight excluding hydrogens is 170 g/mol. The molecule has 2 rings (SSSR count). The van der Waals surface area contributed by atoms with Gasteiger partial charge in [-0.3, -0.25) is 4.90 Å². The second-order valence-corrected chi connectivity index (χ2v) is 4.11. The molecule has 0 radical (unpaired) electrons. The van der Waals surface area contributed by atoms with Gasteiger partial charge in [0.25, 0.3) is 0 Å². The molecule has 1 atom stereocenters. The second kappa shape index (κ2) is 3.97. The molecule has 1 aliphatic rings. The molecule has 0 bridgehead atoms. The van der Waals surface area contributed by atoms with Crippen molar-refractivity contribution in [2.45, 2.75) is 18.9 Å². The van der Waals surface area contributed by atoms with E-state index in [0.29, 0.717) is 6.04 Å². The van der Waals surface area contributed by atoms with E-state index in [9.17, 15) is 0 Å². The van der Waals surface area contributed by atoms with Crippen molar-refractivity contribution in [1.29, 1.82) is 0 Å². The number of likely N-dealkylation sites (tertiary alicyclic amines) is 1. The molecule has 0 aromatic heterocycles. The van der Waals surface area contributed by atoms with Crippen molar-refractivity contribution in [3.63, 3.8) is 0 Å². The van der Waals surface area contributed by atoms with Gasteiger partial charge < -0.3 is 0 Å². The Labute approximate surface area is 86.1 Å². The maximum atomic E-state index is 4.10. The van der Waals surface area contributed by atoms with Gasteiger partial charge in [0.2, 0.25) is 0 Å². The van der Waals surface area contributed by atoms with Crippen LogP contribution in [0.25, 0.3) is 0 Å². The molecule has 1 aromatic rings. The lowest BCUT2D eigenvalue weighted by Crippen LogP contribution is -2.30. The van der Waals surface area contributed by atoms with Gasteiger partial charge in [-0.05, 0) is 25.5 Å². The lowest BCUT2D eigenvalue weighted by molar-refractivity contribution is 0.219. The van der Waals surface area contributed by atoms with E-state index >= 15 is 0 Å². The fourth-order valence-corrected chi connectivity index (χ4v) is 2.07. The molecule has 0 aliphatic carbocycles. The Morgan fingerprint density at radius 3 is 2.71 bits per heavy atom. The third-order valence-corrected chi connectivity index (χ3v) is 3.02. The summed E-state index contributed by atoms with van der Waals surface area (Å²) in [7, 11) is 2.20. The zero-order valence-corrected chi connectivity index (χ0v) is 8.74. The first kappa shape index (κ1) is 9.47. The Kier molecular flexibility index (Phi) is 2.69. The van der Waals surface area contributed by atoms with Crippen molar-refractivity contribution in [1.82, 2.24) is 4.90 Å². The molecule has 1 saturated heterocycles. The van der Waals surface area contributed by atoms with Crippen molar-refractivity contribution in [2.24, 2.45) is 0 Å². The minimum absolute atomic E-state index is 0.539. The van der Waals surface area contributed by atoms with E-state index in [2.05, 4.69) is 48.9 Å². The average molecular weight is 187 g/mol. The van der Waals surface area contributed by atoms with Crippen LogP contribution in [0.2, 0.25) is 0 Å². The Balaban J connectivity index is 2.20. The highest BCUT2D eigenvalue weighted by molar-refractivity contribution is 5.22. The quantitative estimate of drug-likeness (QED) is 0.611. The molecule has 0 amide bonds. The van der Waals surface area contributed by atoms with Gasteiger partial charge in [-0.25, -0.2) is 0 Å². The third-order valence-electron chi connectivity index (χ3n) is 3.02. The van der Waals surface area contributed by atoms with Crippen LogP contribution in [0, 0.1) is 0 Å². The lowest BCUT2D eigenvalue weighted by Gasteiger charge is -2.34. The minimum Gasteiger partial charge on any atom is -0.299 e. The van der Waals surface area contributed by atoms with Gasteiger partial charge in [-0.2, -0.15) is 0 Å². The number of piperidine rings is 1. The van der Waals surface area contributed by atoms with E-state index in [-0.39, 0.29) is 0 Å². The van der Waals surface area contributed by atoms with E-state index in [0.717, 1.165) is 19.4 Å². The molecule has 1 fully saturated rings. The zero-order valence-electron chi connectivity index (χ0n) is 8.74. The van der Waals surface area contributed by atoms with E-state index in [4.69, 9.17) is 0 Å². The van der Waals surface area contributed by atoms with Crippen molar-refractivity contribution in [3.05, 3.63) is 48.0 Å². The van der Waals surface area contributed by atoms with Crippen LogP contribution >= 0.6 is 0 Å². The summed E-state index contributed by atoms with van der Waals surface area (Å²) in [5, 5.41) is 0. The first-order valence-corrected chi connectivity index (χ1v) is 5.19. The first-order valence-electron chi connectivity index (χ1n) is 5.19. The molecule has 1 heteroatoms. The van der Waals surface area contributed by atoms with Crippen LogP contribution in [0.3, 0.4) is 0 Å².